The summed E-state index contributed by atoms with van der Waals surface area (Å²) in [5.41, 5.74) is 0.394. The third-order valence-electron chi connectivity index (χ3n) is 2.76. The fraction of sp³-hybridized carbons (Fsp3) is 0.231. The maximum atomic E-state index is 11.2. The first-order valence-electron chi connectivity index (χ1n) is 5.41. The molecule has 1 aromatic carbocycles. The van der Waals surface area contributed by atoms with Gasteiger partial charge < -0.3 is 14.9 Å². The number of fused-ring (bicyclic) bond motifs is 1. The zero-order valence-electron chi connectivity index (χ0n) is 9.78. The molecule has 2 aromatic rings. The van der Waals surface area contributed by atoms with Gasteiger partial charge in [-0.3, -0.25) is 4.98 Å². The fourth-order valence-corrected chi connectivity index (χ4v) is 1.80. The minimum absolute atomic E-state index is 0.394. The number of hydrogen-bond acceptors (Lipinski definition) is 5. The number of aromatic nitrogens is 1. The Morgan fingerprint density at radius 1 is 1.28 bits per heavy atom. The number of benzene rings is 1. The van der Waals surface area contributed by atoms with Gasteiger partial charge in [0.05, 0.1) is 7.11 Å². The molecule has 94 valence electrons. The molecule has 0 aliphatic heterocycles. The summed E-state index contributed by atoms with van der Waals surface area (Å²) in [6, 6.07) is 7.28. The van der Waals surface area contributed by atoms with E-state index in [2.05, 4.69) is 9.72 Å². The van der Waals surface area contributed by atoms with Crippen LogP contribution in [0.15, 0.2) is 36.7 Å². The molecule has 5 nitrogen and oxygen atoms in total. The van der Waals surface area contributed by atoms with Gasteiger partial charge in [-0.25, -0.2) is 4.79 Å². The van der Waals surface area contributed by atoms with E-state index in [0.29, 0.717) is 5.56 Å². The quantitative estimate of drug-likeness (QED) is 0.784. The molecular formula is C13H13NO4. The molecule has 1 aromatic heterocycles. The summed E-state index contributed by atoms with van der Waals surface area (Å²) in [5, 5.41) is 21.2. The third kappa shape index (κ3) is 2.18. The molecule has 0 aliphatic carbocycles. The highest BCUT2D eigenvalue weighted by Gasteiger charge is 2.27. The molecule has 0 spiro atoms. The van der Waals surface area contributed by atoms with E-state index >= 15 is 0 Å². The van der Waals surface area contributed by atoms with E-state index in [4.69, 9.17) is 0 Å². The summed E-state index contributed by atoms with van der Waals surface area (Å²) < 4.78 is 4.40. The highest BCUT2D eigenvalue weighted by atomic mass is 16.5. The van der Waals surface area contributed by atoms with Crippen molar-refractivity contribution in [3.8, 4) is 0 Å². The largest absolute Gasteiger partial charge is 0.467 e. The Morgan fingerprint density at radius 2 is 2.00 bits per heavy atom. The van der Waals surface area contributed by atoms with Gasteiger partial charge in [0.15, 0.2) is 6.10 Å². The number of pyridine rings is 1. The Balaban J connectivity index is 2.44. The lowest BCUT2D eigenvalue weighted by atomic mass is 10.00. The monoisotopic (exact) mass is 247 g/mol. The van der Waals surface area contributed by atoms with Crippen LogP contribution in [0, 0.1) is 0 Å². The average molecular weight is 247 g/mol. The van der Waals surface area contributed by atoms with Gasteiger partial charge in [0.1, 0.15) is 6.10 Å². The lowest BCUT2D eigenvalue weighted by Gasteiger charge is -2.17. The maximum absolute atomic E-state index is 11.2. The van der Waals surface area contributed by atoms with Crippen LogP contribution < -0.4 is 0 Å². The molecule has 2 unspecified atom stereocenters. The standard InChI is InChI=1S/C13H13NO4/c1-18-13(17)12(16)11(15)10-7-14-6-8-4-2-3-5-9(8)10/h2-7,11-12,15-16H,1H3. The number of carbonyl (C=O) groups is 1. The summed E-state index contributed by atoms with van der Waals surface area (Å²) in [7, 11) is 1.15. The summed E-state index contributed by atoms with van der Waals surface area (Å²) in [6.07, 6.45) is 0.0913. The minimum Gasteiger partial charge on any atom is -0.467 e. The number of rotatable bonds is 3. The molecule has 0 saturated carbocycles. The van der Waals surface area contributed by atoms with Gasteiger partial charge in [0.2, 0.25) is 0 Å². The van der Waals surface area contributed by atoms with Crippen molar-refractivity contribution in [3.63, 3.8) is 0 Å². The molecule has 0 bridgehead atoms. The molecule has 18 heavy (non-hydrogen) atoms. The predicted molar refractivity (Wildman–Crippen MR) is 64.7 cm³/mol. The predicted octanol–water partition coefficient (Wildman–Crippen LogP) is 0.802. The Hall–Kier alpha value is -1.98. The van der Waals surface area contributed by atoms with E-state index in [0.717, 1.165) is 17.9 Å². The molecular weight excluding hydrogens is 234 g/mol. The molecule has 0 amide bonds. The first-order chi connectivity index (χ1) is 8.65. The van der Waals surface area contributed by atoms with Gasteiger partial charge in [-0.1, -0.05) is 24.3 Å². The number of nitrogens with zero attached hydrogens (tertiary/aromatic N) is 1. The number of ether oxygens (including phenoxy) is 1. The molecule has 0 fully saturated rings. The molecule has 2 rings (SSSR count). The third-order valence-corrected chi connectivity index (χ3v) is 2.76. The van der Waals surface area contributed by atoms with Crippen molar-refractivity contribution in [2.75, 3.05) is 7.11 Å². The van der Waals surface area contributed by atoms with Crippen LogP contribution in [-0.4, -0.2) is 34.4 Å². The van der Waals surface area contributed by atoms with Gasteiger partial charge in [-0.15, -0.1) is 0 Å². The second kappa shape index (κ2) is 5.12. The molecule has 2 N–H and O–H groups in total. The normalized spacial score (nSPS) is 14.2. The highest BCUT2D eigenvalue weighted by Crippen LogP contribution is 2.25. The Bertz CT molecular complexity index is 564. The number of methoxy groups -OCH3 is 1. The Labute approximate surface area is 104 Å². The van der Waals surface area contributed by atoms with Crippen molar-refractivity contribution < 1.29 is 19.7 Å². The van der Waals surface area contributed by atoms with E-state index in [1.54, 1.807) is 12.3 Å². The fourth-order valence-electron chi connectivity index (χ4n) is 1.80. The summed E-state index contributed by atoms with van der Waals surface area (Å²) >= 11 is 0. The van der Waals surface area contributed by atoms with Crippen LogP contribution in [0.2, 0.25) is 0 Å². The molecule has 0 aliphatic rings. The number of aliphatic hydroxyl groups is 2. The van der Waals surface area contributed by atoms with Gasteiger partial charge in [0.25, 0.3) is 0 Å². The maximum Gasteiger partial charge on any atom is 0.337 e. The first-order valence-corrected chi connectivity index (χ1v) is 5.41. The smallest absolute Gasteiger partial charge is 0.337 e. The lowest BCUT2D eigenvalue weighted by Crippen LogP contribution is -2.29. The Morgan fingerprint density at radius 3 is 2.72 bits per heavy atom. The number of aliphatic hydroxyl groups excluding tert-OH is 2. The van der Waals surface area contributed by atoms with Crippen LogP contribution in [0.1, 0.15) is 11.7 Å². The van der Waals surface area contributed by atoms with Crippen molar-refractivity contribution in [1.29, 1.82) is 0 Å². The number of carbonyl (C=O) groups excluding carboxylic acids is 1. The lowest BCUT2D eigenvalue weighted by molar-refractivity contribution is -0.156. The number of esters is 1. The highest BCUT2D eigenvalue weighted by molar-refractivity contribution is 5.86. The van der Waals surface area contributed by atoms with Crippen molar-refractivity contribution in [1.82, 2.24) is 4.98 Å². The average Bonchev–Trinajstić information content (AvgIpc) is 2.44. The van der Waals surface area contributed by atoms with Gasteiger partial charge in [0, 0.05) is 23.3 Å². The second-order valence-corrected chi connectivity index (χ2v) is 3.86. The van der Waals surface area contributed by atoms with Crippen LogP contribution in [0.3, 0.4) is 0 Å². The molecule has 0 saturated heterocycles. The summed E-state index contributed by atoms with van der Waals surface area (Å²) in [5.74, 6) is -0.879. The van der Waals surface area contributed by atoms with Crippen molar-refractivity contribution >= 4 is 16.7 Å². The zero-order chi connectivity index (χ0) is 13.1. The summed E-state index contributed by atoms with van der Waals surface area (Å²) in [6.45, 7) is 0. The van der Waals surface area contributed by atoms with Crippen LogP contribution >= 0.6 is 0 Å². The van der Waals surface area contributed by atoms with Crippen molar-refractivity contribution in [2.45, 2.75) is 12.2 Å². The molecule has 1 heterocycles. The van der Waals surface area contributed by atoms with E-state index in [1.807, 2.05) is 18.2 Å². The molecule has 0 radical (unpaired) electrons. The molecule has 5 heteroatoms. The van der Waals surface area contributed by atoms with Crippen LogP contribution in [0.25, 0.3) is 10.8 Å². The van der Waals surface area contributed by atoms with Crippen molar-refractivity contribution in [2.24, 2.45) is 0 Å². The number of hydrogen-bond donors (Lipinski definition) is 2. The summed E-state index contributed by atoms with van der Waals surface area (Å²) in [4.78, 5) is 15.2. The SMILES string of the molecule is COC(=O)C(O)C(O)c1cncc2ccccc12. The van der Waals surface area contributed by atoms with Crippen LogP contribution in [0.5, 0.6) is 0 Å². The van der Waals surface area contributed by atoms with E-state index < -0.39 is 18.2 Å². The van der Waals surface area contributed by atoms with E-state index in [1.165, 1.54) is 6.20 Å². The minimum atomic E-state index is -1.62. The van der Waals surface area contributed by atoms with Gasteiger partial charge >= 0.3 is 5.97 Å². The van der Waals surface area contributed by atoms with Gasteiger partial charge in [-0.2, -0.15) is 0 Å². The topological polar surface area (TPSA) is 79.7 Å². The molecule has 2 atom stereocenters. The van der Waals surface area contributed by atoms with Crippen LogP contribution in [-0.2, 0) is 9.53 Å². The first kappa shape index (κ1) is 12.5. The van der Waals surface area contributed by atoms with E-state index in [-0.39, 0.29) is 0 Å². The second-order valence-electron chi connectivity index (χ2n) is 3.86. The zero-order valence-corrected chi connectivity index (χ0v) is 9.78. The van der Waals surface area contributed by atoms with Crippen molar-refractivity contribution in [3.05, 3.63) is 42.2 Å². The van der Waals surface area contributed by atoms with Gasteiger partial charge in [-0.05, 0) is 5.39 Å². The van der Waals surface area contributed by atoms with E-state index in [9.17, 15) is 15.0 Å². The van der Waals surface area contributed by atoms with Crippen LogP contribution in [0.4, 0.5) is 0 Å². The Kier molecular flexibility index (Phi) is 3.55.